The van der Waals surface area contributed by atoms with Crippen LogP contribution in [0.2, 0.25) is 0 Å². The summed E-state index contributed by atoms with van der Waals surface area (Å²) in [7, 11) is 0. The van der Waals surface area contributed by atoms with Gasteiger partial charge >= 0.3 is 5.97 Å². The molecule has 0 saturated heterocycles. The molecule has 0 aromatic carbocycles. The van der Waals surface area contributed by atoms with E-state index < -0.39 is 0 Å². The fourth-order valence-corrected chi connectivity index (χ4v) is 12.0. The van der Waals surface area contributed by atoms with Gasteiger partial charge in [-0.2, -0.15) is 0 Å². The lowest BCUT2D eigenvalue weighted by Crippen LogP contribution is -2.51. The van der Waals surface area contributed by atoms with Crippen LogP contribution in [0.3, 0.4) is 0 Å². The van der Waals surface area contributed by atoms with Crippen molar-refractivity contribution in [1.29, 1.82) is 0 Å². The fourth-order valence-electron chi connectivity index (χ4n) is 12.0. The first-order chi connectivity index (χ1) is 24.7. The van der Waals surface area contributed by atoms with Crippen LogP contribution < -0.4 is 0 Å². The summed E-state index contributed by atoms with van der Waals surface area (Å²) in [6.45, 7) is 15.0. The Kier molecular flexibility index (Phi) is 18.7. The van der Waals surface area contributed by atoms with Gasteiger partial charge in [-0.3, -0.25) is 4.79 Å². The van der Waals surface area contributed by atoms with Gasteiger partial charge in [0.05, 0.1) is 0 Å². The molecule has 0 aromatic heterocycles. The Labute approximate surface area is 318 Å². The summed E-state index contributed by atoms with van der Waals surface area (Å²) in [4.78, 5) is 12.9. The van der Waals surface area contributed by atoms with E-state index in [1.54, 1.807) is 5.57 Å². The summed E-state index contributed by atoms with van der Waals surface area (Å²) in [5, 5.41) is 0. The Morgan fingerprint density at radius 3 is 2.02 bits per heavy atom. The van der Waals surface area contributed by atoms with E-state index in [-0.39, 0.29) is 12.1 Å². The maximum Gasteiger partial charge on any atom is 0.306 e. The Bertz CT molecular complexity index is 1040. The molecular weight excluding hydrogens is 621 g/mol. The average molecular weight is 707 g/mol. The van der Waals surface area contributed by atoms with Gasteiger partial charge < -0.3 is 4.74 Å². The molecule has 294 valence electrons. The van der Waals surface area contributed by atoms with Crippen LogP contribution in [0.1, 0.15) is 228 Å². The lowest BCUT2D eigenvalue weighted by molar-refractivity contribution is -0.151. The quantitative estimate of drug-likeness (QED) is 0.0537. The number of carbonyl (C=O) groups is 1. The molecular formula is C49H86O2. The third-order valence-corrected chi connectivity index (χ3v) is 15.2. The number of unbranched alkanes of at least 4 members (excludes halogenated alkanes) is 15. The van der Waals surface area contributed by atoms with Gasteiger partial charge in [0.25, 0.3) is 0 Å². The van der Waals surface area contributed by atoms with Crippen LogP contribution in [-0.2, 0) is 9.53 Å². The van der Waals surface area contributed by atoms with Crippen LogP contribution >= 0.6 is 0 Å². The fraction of sp³-hybridized carbons (Fsp3) is 0.898. The highest BCUT2D eigenvalue weighted by molar-refractivity contribution is 5.69. The first kappa shape index (κ1) is 42.7. The van der Waals surface area contributed by atoms with Crippen molar-refractivity contribution in [2.45, 2.75) is 234 Å². The van der Waals surface area contributed by atoms with Crippen molar-refractivity contribution in [2.75, 3.05) is 0 Å². The summed E-state index contributed by atoms with van der Waals surface area (Å²) in [5.74, 6) is 5.32. The third-order valence-electron chi connectivity index (χ3n) is 15.2. The molecule has 0 N–H and O–H groups in total. The van der Waals surface area contributed by atoms with Crippen molar-refractivity contribution in [3.05, 3.63) is 23.8 Å². The molecule has 3 fully saturated rings. The first-order valence-electron chi connectivity index (χ1n) is 23.2. The largest absolute Gasteiger partial charge is 0.462 e. The first-order valence-corrected chi connectivity index (χ1v) is 23.2. The van der Waals surface area contributed by atoms with E-state index >= 15 is 0 Å². The number of fused-ring (bicyclic) bond motifs is 5. The number of hydrogen-bond donors (Lipinski definition) is 0. The number of carbonyl (C=O) groups excluding carboxylic acids is 1. The smallest absolute Gasteiger partial charge is 0.306 e. The van der Waals surface area contributed by atoms with Crippen LogP contribution in [0.5, 0.6) is 0 Å². The molecule has 2 heteroatoms. The summed E-state index contributed by atoms with van der Waals surface area (Å²) < 4.78 is 6.15. The Morgan fingerprint density at radius 1 is 0.745 bits per heavy atom. The molecule has 0 aliphatic heterocycles. The molecule has 2 nitrogen and oxygen atoms in total. The van der Waals surface area contributed by atoms with Crippen LogP contribution in [0.15, 0.2) is 23.8 Å². The lowest BCUT2D eigenvalue weighted by atomic mass is 9.47. The summed E-state index contributed by atoms with van der Waals surface area (Å²) in [5.41, 5.74) is 2.53. The maximum absolute atomic E-state index is 12.9. The predicted octanol–water partition coefficient (Wildman–Crippen LogP) is 15.5. The molecule has 4 aliphatic rings. The maximum atomic E-state index is 12.9. The van der Waals surface area contributed by atoms with Crippen LogP contribution in [0, 0.1) is 46.3 Å². The standard InChI is InChI=1S/C49H86O2/c1-7-8-9-10-11-12-13-14-15-16-17-18-19-20-21-22-23-24-25-29-47(50)51-42-34-36-48(5)41(38-42)30-31-43-45-33-32-44(40(4)28-26-27-39(2)3)49(45,6)37-35-46(43)48/h14-15,30,39-40,42-46H,7-13,16-29,31-38H2,1-6H3/b15-14-/t40-,42+,43?,44?,45?,46?,48+,49-/m1/s1. The van der Waals surface area contributed by atoms with Gasteiger partial charge in [-0.25, -0.2) is 0 Å². The van der Waals surface area contributed by atoms with Gasteiger partial charge in [0.15, 0.2) is 0 Å². The molecule has 0 bridgehead atoms. The molecule has 0 spiro atoms. The molecule has 0 heterocycles. The van der Waals surface area contributed by atoms with E-state index in [9.17, 15) is 4.79 Å². The van der Waals surface area contributed by atoms with Crippen molar-refractivity contribution in [2.24, 2.45) is 46.3 Å². The van der Waals surface area contributed by atoms with Gasteiger partial charge in [-0.1, -0.05) is 162 Å². The zero-order valence-electron chi connectivity index (χ0n) is 35.1. The van der Waals surface area contributed by atoms with Crippen LogP contribution in [0.25, 0.3) is 0 Å². The molecule has 0 radical (unpaired) electrons. The monoisotopic (exact) mass is 707 g/mol. The number of hydrogen-bond acceptors (Lipinski definition) is 2. The van der Waals surface area contributed by atoms with Gasteiger partial charge in [0.1, 0.15) is 6.10 Å². The summed E-state index contributed by atoms with van der Waals surface area (Å²) in [6.07, 6.45) is 45.4. The number of ether oxygens (including phenoxy) is 1. The highest BCUT2D eigenvalue weighted by atomic mass is 16.5. The van der Waals surface area contributed by atoms with Gasteiger partial charge in [0.2, 0.25) is 0 Å². The highest BCUT2D eigenvalue weighted by Crippen LogP contribution is 2.67. The molecule has 3 saturated carbocycles. The van der Waals surface area contributed by atoms with Crippen molar-refractivity contribution in [3.63, 3.8) is 0 Å². The molecule has 0 aromatic rings. The van der Waals surface area contributed by atoms with E-state index in [4.69, 9.17) is 4.74 Å². The Balaban J connectivity index is 1.04. The van der Waals surface area contributed by atoms with Crippen molar-refractivity contribution in [1.82, 2.24) is 0 Å². The minimum atomic E-state index is 0.0619. The third kappa shape index (κ3) is 12.8. The van der Waals surface area contributed by atoms with Crippen molar-refractivity contribution < 1.29 is 9.53 Å². The summed E-state index contributed by atoms with van der Waals surface area (Å²) in [6, 6.07) is 0. The van der Waals surface area contributed by atoms with E-state index in [2.05, 4.69) is 59.8 Å². The second-order valence-corrected chi connectivity index (χ2v) is 19.4. The SMILES string of the molecule is CCCCCCCC/C=C\CCCCCCCCCCCC(=O)O[C@H]1CC[C@@]2(C)C(=CCC3C4CCC([C@H](C)CCCC(C)C)[C@@]4(C)CCC32)C1. The molecule has 51 heavy (non-hydrogen) atoms. The second-order valence-electron chi connectivity index (χ2n) is 19.4. The van der Waals surface area contributed by atoms with E-state index in [0.717, 1.165) is 54.8 Å². The summed E-state index contributed by atoms with van der Waals surface area (Å²) >= 11 is 0. The molecule has 4 unspecified atom stereocenters. The van der Waals surface area contributed by atoms with Crippen molar-refractivity contribution >= 4 is 5.97 Å². The average Bonchev–Trinajstić information content (AvgIpc) is 3.46. The highest BCUT2D eigenvalue weighted by Gasteiger charge is 2.59. The van der Waals surface area contributed by atoms with Gasteiger partial charge in [-0.15, -0.1) is 0 Å². The Morgan fingerprint density at radius 2 is 1.37 bits per heavy atom. The normalized spacial score (nSPS) is 31.0. The van der Waals surface area contributed by atoms with Crippen LogP contribution in [0.4, 0.5) is 0 Å². The molecule has 8 atom stereocenters. The minimum Gasteiger partial charge on any atom is -0.462 e. The second kappa shape index (κ2) is 22.4. The zero-order valence-corrected chi connectivity index (χ0v) is 35.1. The van der Waals surface area contributed by atoms with E-state index in [0.29, 0.717) is 17.3 Å². The van der Waals surface area contributed by atoms with E-state index in [1.165, 1.54) is 161 Å². The topological polar surface area (TPSA) is 26.3 Å². The van der Waals surface area contributed by atoms with E-state index in [1.807, 2.05) is 0 Å². The number of rotatable bonds is 25. The van der Waals surface area contributed by atoms with Crippen LogP contribution in [-0.4, -0.2) is 12.1 Å². The van der Waals surface area contributed by atoms with Gasteiger partial charge in [-0.05, 0) is 123 Å². The zero-order chi connectivity index (χ0) is 36.5. The minimum absolute atomic E-state index is 0.0619. The van der Waals surface area contributed by atoms with Crippen molar-refractivity contribution in [3.8, 4) is 0 Å². The number of esters is 1. The Hall–Kier alpha value is -1.05. The van der Waals surface area contributed by atoms with Gasteiger partial charge in [0, 0.05) is 12.8 Å². The molecule has 4 rings (SSSR count). The molecule has 0 amide bonds. The lowest BCUT2D eigenvalue weighted by Gasteiger charge is -2.58. The number of allylic oxidation sites excluding steroid dienone is 3. The molecule has 4 aliphatic carbocycles. The predicted molar refractivity (Wildman–Crippen MR) is 221 cm³/mol.